The van der Waals surface area contributed by atoms with Crippen LogP contribution < -0.4 is 4.74 Å². The standard InChI is InChI=1S/C11H11BrO3/c1-11(10(13)14)5-7-2-3-8(12)4-9(7)15-6-11/h2-4H,5-6H2,1H3,(H,13,14). The molecule has 0 aromatic heterocycles. The van der Waals surface area contributed by atoms with Gasteiger partial charge in [-0.3, -0.25) is 4.79 Å². The van der Waals surface area contributed by atoms with Crippen molar-refractivity contribution in [1.29, 1.82) is 0 Å². The zero-order chi connectivity index (χ0) is 11.1. The van der Waals surface area contributed by atoms with Crippen molar-refractivity contribution >= 4 is 21.9 Å². The van der Waals surface area contributed by atoms with E-state index in [1.54, 1.807) is 6.92 Å². The van der Waals surface area contributed by atoms with Crippen molar-refractivity contribution in [2.75, 3.05) is 6.61 Å². The van der Waals surface area contributed by atoms with E-state index in [-0.39, 0.29) is 6.61 Å². The molecule has 1 heterocycles. The lowest BCUT2D eigenvalue weighted by Crippen LogP contribution is -2.39. The molecule has 2 rings (SSSR count). The Balaban J connectivity index is 2.35. The minimum absolute atomic E-state index is 0.228. The first-order valence-corrected chi connectivity index (χ1v) is 5.45. The lowest BCUT2D eigenvalue weighted by atomic mass is 9.82. The van der Waals surface area contributed by atoms with Crippen LogP contribution in [-0.4, -0.2) is 17.7 Å². The second-order valence-electron chi connectivity index (χ2n) is 4.08. The summed E-state index contributed by atoms with van der Waals surface area (Å²) in [5.74, 6) is -0.0285. The van der Waals surface area contributed by atoms with E-state index in [1.807, 2.05) is 18.2 Å². The first-order chi connectivity index (χ1) is 7.01. The third-order valence-corrected chi connectivity index (χ3v) is 3.17. The molecule has 0 amide bonds. The van der Waals surface area contributed by atoms with Crippen LogP contribution in [0.5, 0.6) is 5.75 Å². The van der Waals surface area contributed by atoms with Crippen LogP contribution in [-0.2, 0) is 11.2 Å². The van der Waals surface area contributed by atoms with Crippen molar-refractivity contribution < 1.29 is 14.6 Å². The zero-order valence-corrected chi connectivity index (χ0v) is 9.87. The lowest BCUT2D eigenvalue weighted by molar-refractivity contribution is -0.150. The van der Waals surface area contributed by atoms with Crippen LogP contribution in [0.2, 0.25) is 0 Å². The maximum atomic E-state index is 11.1. The highest BCUT2D eigenvalue weighted by Gasteiger charge is 2.38. The van der Waals surface area contributed by atoms with Crippen molar-refractivity contribution in [1.82, 2.24) is 0 Å². The van der Waals surface area contributed by atoms with Crippen molar-refractivity contribution in [3.63, 3.8) is 0 Å². The van der Waals surface area contributed by atoms with E-state index in [0.29, 0.717) is 6.42 Å². The van der Waals surface area contributed by atoms with Crippen molar-refractivity contribution in [2.45, 2.75) is 13.3 Å². The molecule has 0 bridgehead atoms. The van der Waals surface area contributed by atoms with Gasteiger partial charge in [0.15, 0.2) is 0 Å². The summed E-state index contributed by atoms with van der Waals surface area (Å²) in [6.45, 7) is 1.94. The Hall–Kier alpha value is -1.03. The van der Waals surface area contributed by atoms with Gasteiger partial charge >= 0.3 is 5.97 Å². The number of fused-ring (bicyclic) bond motifs is 1. The summed E-state index contributed by atoms with van der Waals surface area (Å²) in [5.41, 5.74) is 0.148. The van der Waals surface area contributed by atoms with Gasteiger partial charge in [0.05, 0.1) is 0 Å². The van der Waals surface area contributed by atoms with Gasteiger partial charge in [0.2, 0.25) is 0 Å². The molecule has 3 nitrogen and oxygen atoms in total. The summed E-state index contributed by atoms with van der Waals surface area (Å²) in [4.78, 5) is 11.1. The number of carbonyl (C=O) groups is 1. The number of aliphatic carboxylic acids is 1. The third kappa shape index (κ3) is 1.86. The fourth-order valence-corrected chi connectivity index (χ4v) is 1.99. The van der Waals surface area contributed by atoms with Gasteiger partial charge in [-0.1, -0.05) is 22.0 Å². The van der Waals surface area contributed by atoms with Crippen LogP contribution in [0.1, 0.15) is 12.5 Å². The minimum Gasteiger partial charge on any atom is -0.492 e. The SMILES string of the molecule is CC1(C(=O)O)COc2cc(Br)ccc2C1. The van der Waals surface area contributed by atoms with Gasteiger partial charge in [0, 0.05) is 4.47 Å². The molecule has 1 aliphatic rings. The summed E-state index contributed by atoms with van der Waals surface area (Å²) in [5, 5.41) is 9.09. The molecule has 0 saturated carbocycles. The first-order valence-electron chi connectivity index (χ1n) is 4.66. The predicted molar refractivity (Wildman–Crippen MR) is 59.1 cm³/mol. The quantitative estimate of drug-likeness (QED) is 0.853. The molecule has 0 aliphatic carbocycles. The van der Waals surface area contributed by atoms with Crippen molar-refractivity contribution in [3.05, 3.63) is 28.2 Å². The number of rotatable bonds is 1. The van der Waals surface area contributed by atoms with Crippen LogP contribution >= 0.6 is 15.9 Å². The number of halogens is 1. The number of hydrogen-bond acceptors (Lipinski definition) is 2. The Kier molecular flexibility index (Phi) is 2.46. The fourth-order valence-electron chi connectivity index (χ4n) is 1.65. The second kappa shape index (κ2) is 3.52. The lowest BCUT2D eigenvalue weighted by Gasteiger charge is -2.31. The van der Waals surface area contributed by atoms with Crippen LogP contribution in [0.15, 0.2) is 22.7 Å². The molecule has 4 heteroatoms. The van der Waals surface area contributed by atoms with Gasteiger partial charge in [0.25, 0.3) is 0 Å². The smallest absolute Gasteiger partial charge is 0.313 e. The van der Waals surface area contributed by atoms with Gasteiger partial charge in [-0.25, -0.2) is 0 Å². The maximum Gasteiger partial charge on any atom is 0.313 e. The number of benzene rings is 1. The summed E-state index contributed by atoms with van der Waals surface area (Å²) in [6.07, 6.45) is 0.519. The third-order valence-electron chi connectivity index (χ3n) is 2.67. The van der Waals surface area contributed by atoms with Crippen molar-refractivity contribution in [3.8, 4) is 5.75 Å². The highest BCUT2D eigenvalue weighted by molar-refractivity contribution is 9.10. The fraction of sp³-hybridized carbons (Fsp3) is 0.364. The van der Waals surface area contributed by atoms with E-state index in [1.165, 1.54) is 0 Å². The molecule has 1 unspecified atom stereocenters. The number of carboxylic acids is 1. The van der Waals surface area contributed by atoms with Gasteiger partial charge in [0.1, 0.15) is 17.8 Å². The molecule has 15 heavy (non-hydrogen) atoms. The van der Waals surface area contributed by atoms with Gasteiger partial charge in [-0.15, -0.1) is 0 Å². The molecule has 1 aromatic rings. The topological polar surface area (TPSA) is 46.5 Å². The predicted octanol–water partition coefficient (Wildman–Crippen LogP) is 2.47. The minimum atomic E-state index is -0.809. The second-order valence-corrected chi connectivity index (χ2v) is 5.00. The summed E-state index contributed by atoms with van der Waals surface area (Å²) >= 11 is 3.35. The molecular formula is C11H11BrO3. The molecule has 1 N–H and O–H groups in total. The molecule has 1 aliphatic heterocycles. The van der Waals surface area contributed by atoms with Crippen LogP contribution in [0.3, 0.4) is 0 Å². The molecule has 0 spiro atoms. The largest absolute Gasteiger partial charge is 0.492 e. The highest BCUT2D eigenvalue weighted by atomic mass is 79.9. The highest BCUT2D eigenvalue weighted by Crippen LogP contribution is 2.35. The average molecular weight is 271 g/mol. The first kappa shape index (κ1) is 10.5. The molecule has 0 saturated heterocycles. The zero-order valence-electron chi connectivity index (χ0n) is 8.29. The number of carboxylic acid groups (broad SMARTS) is 1. The Bertz CT molecular complexity index is 416. The average Bonchev–Trinajstić information content (AvgIpc) is 2.18. The molecule has 80 valence electrons. The van der Waals surface area contributed by atoms with E-state index < -0.39 is 11.4 Å². The number of hydrogen-bond donors (Lipinski definition) is 1. The van der Waals surface area contributed by atoms with Gasteiger partial charge in [-0.2, -0.15) is 0 Å². The summed E-state index contributed by atoms with van der Waals surface area (Å²) in [7, 11) is 0. The normalized spacial score (nSPS) is 24.1. The Morgan fingerprint density at radius 1 is 1.60 bits per heavy atom. The van der Waals surface area contributed by atoms with Crippen LogP contribution in [0.25, 0.3) is 0 Å². The van der Waals surface area contributed by atoms with E-state index in [9.17, 15) is 4.79 Å². The van der Waals surface area contributed by atoms with Gasteiger partial charge in [-0.05, 0) is 31.0 Å². The van der Waals surface area contributed by atoms with E-state index in [4.69, 9.17) is 9.84 Å². The molecule has 0 fully saturated rings. The van der Waals surface area contributed by atoms with Crippen LogP contribution in [0, 0.1) is 5.41 Å². The number of ether oxygens (including phenoxy) is 1. The van der Waals surface area contributed by atoms with Crippen LogP contribution in [0.4, 0.5) is 0 Å². The van der Waals surface area contributed by atoms with Gasteiger partial charge < -0.3 is 9.84 Å². The molecule has 0 radical (unpaired) electrons. The van der Waals surface area contributed by atoms with Crippen molar-refractivity contribution in [2.24, 2.45) is 5.41 Å². The molecule has 1 aromatic carbocycles. The van der Waals surface area contributed by atoms with E-state index >= 15 is 0 Å². The Morgan fingerprint density at radius 3 is 3.00 bits per heavy atom. The van der Waals surface area contributed by atoms with E-state index in [2.05, 4.69) is 15.9 Å². The molecular weight excluding hydrogens is 260 g/mol. The molecule has 1 atom stereocenters. The Labute approximate surface area is 96.2 Å². The summed E-state index contributed by atoms with van der Waals surface area (Å²) < 4.78 is 6.41. The monoisotopic (exact) mass is 270 g/mol. The van der Waals surface area contributed by atoms with E-state index in [0.717, 1.165) is 15.8 Å². The maximum absolute atomic E-state index is 11.1. The Morgan fingerprint density at radius 2 is 2.33 bits per heavy atom. The summed E-state index contributed by atoms with van der Waals surface area (Å²) in [6, 6.07) is 5.67.